The van der Waals surface area contributed by atoms with Crippen molar-refractivity contribution in [2.75, 3.05) is 7.11 Å². The van der Waals surface area contributed by atoms with Gasteiger partial charge in [-0.05, 0) is 37.3 Å². The number of para-hydroxylation sites is 1. The predicted octanol–water partition coefficient (Wildman–Crippen LogP) is 4.02. The fourth-order valence-electron chi connectivity index (χ4n) is 3.66. The average Bonchev–Trinajstić information content (AvgIpc) is 2.67. The van der Waals surface area contributed by atoms with Crippen LogP contribution < -0.4 is 10.1 Å². The zero-order valence-electron chi connectivity index (χ0n) is 14.5. The summed E-state index contributed by atoms with van der Waals surface area (Å²) in [7, 11) is 1.69. The maximum atomic E-state index is 11.2. The van der Waals surface area contributed by atoms with Crippen LogP contribution in [-0.4, -0.2) is 24.2 Å². The van der Waals surface area contributed by atoms with Gasteiger partial charge in [-0.1, -0.05) is 48.5 Å². The van der Waals surface area contributed by atoms with Gasteiger partial charge >= 0.3 is 5.97 Å². The second-order valence-electron chi connectivity index (χ2n) is 6.64. The number of hydrogen-bond donors (Lipinski definition) is 2. The van der Waals surface area contributed by atoms with Crippen LogP contribution >= 0.6 is 0 Å². The van der Waals surface area contributed by atoms with Crippen LogP contribution in [0.25, 0.3) is 0 Å². The van der Waals surface area contributed by atoms with Crippen LogP contribution in [0.15, 0.2) is 54.6 Å². The summed E-state index contributed by atoms with van der Waals surface area (Å²) in [6.45, 7) is 0. The number of methoxy groups -OCH3 is 1. The highest BCUT2D eigenvalue weighted by molar-refractivity contribution is 5.70. The molecule has 2 N–H and O–H groups in total. The number of nitrogens with one attached hydrogen (secondary N) is 1. The van der Waals surface area contributed by atoms with E-state index in [0.717, 1.165) is 37.0 Å². The van der Waals surface area contributed by atoms with E-state index in [2.05, 4.69) is 23.5 Å². The smallest absolute Gasteiger partial charge is 0.306 e. The standard InChI is InChI=1S/C21H25NO3/c1-25-19-10-6-5-9-18(19)20(15-7-3-2-4-8-15)22-17-13-11-16(12-14-17)21(23)24/h2-10,16-17,20,22H,11-14H2,1H3,(H,23,24). The Kier molecular flexibility index (Phi) is 5.71. The summed E-state index contributed by atoms with van der Waals surface area (Å²) < 4.78 is 5.57. The molecular weight excluding hydrogens is 314 g/mol. The van der Waals surface area contributed by atoms with Crippen molar-refractivity contribution in [1.29, 1.82) is 0 Å². The maximum Gasteiger partial charge on any atom is 0.306 e. The minimum Gasteiger partial charge on any atom is -0.496 e. The van der Waals surface area contributed by atoms with Crippen molar-refractivity contribution < 1.29 is 14.6 Å². The molecule has 1 aliphatic carbocycles. The number of aliphatic carboxylic acids is 1. The van der Waals surface area contributed by atoms with Gasteiger partial charge in [0.1, 0.15) is 5.75 Å². The van der Waals surface area contributed by atoms with Crippen LogP contribution in [0.5, 0.6) is 5.75 Å². The molecule has 0 spiro atoms. The number of carboxylic acid groups (broad SMARTS) is 1. The molecule has 3 rings (SSSR count). The molecule has 25 heavy (non-hydrogen) atoms. The summed E-state index contributed by atoms with van der Waals surface area (Å²) in [5.41, 5.74) is 2.30. The first-order valence-electron chi connectivity index (χ1n) is 8.85. The second-order valence-corrected chi connectivity index (χ2v) is 6.64. The Hall–Kier alpha value is -2.33. The van der Waals surface area contributed by atoms with Crippen molar-refractivity contribution in [2.24, 2.45) is 5.92 Å². The summed E-state index contributed by atoms with van der Waals surface area (Å²) in [5, 5.41) is 12.9. The SMILES string of the molecule is COc1ccccc1C(NC1CCC(C(=O)O)CC1)c1ccccc1. The van der Waals surface area contributed by atoms with Gasteiger partial charge in [0.15, 0.2) is 0 Å². The minimum atomic E-state index is -0.664. The molecule has 0 saturated heterocycles. The van der Waals surface area contributed by atoms with Gasteiger partial charge in [0.2, 0.25) is 0 Å². The highest BCUT2D eigenvalue weighted by Crippen LogP contribution is 2.33. The fraction of sp³-hybridized carbons (Fsp3) is 0.381. The third-order valence-corrected chi connectivity index (χ3v) is 5.06. The summed E-state index contributed by atoms with van der Waals surface area (Å²) >= 11 is 0. The van der Waals surface area contributed by atoms with Crippen LogP contribution in [0, 0.1) is 5.92 Å². The molecule has 1 atom stereocenters. The molecule has 0 aromatic heterocycles. The fourth-order valence-corrected chi connectivity index (χ4v) is 3.66. The van der Waals surface area contributed by atoms with Gasteiger partial charge in [-0.25, -0.2) is 0 Å². The molecule has 0 radical (unpaired) electrons. The number of rotatable bonds is 6. The molecule has 0 heterocycles. The molecule has 2 aromatic rings. The summed E-state index contributed by atoms with van der Waals surface area (Å²) in [4.78, 5) is 11.2. The van der Waals surface area contributed by atoms with Crippen LogP contribution in [0.2, 0.25) is 0 Å². The van der Waals surface area contributed by atoms with Gasteiger partial charge in [-0.15, -0.1) is 0 Å². The highest BCUT2D eigenvalue weighted by atomic mass is 16.5. The van der Waals surface area contributed by atoms with E-state index in [4.69, 9.17) is 4.74 Å². The first-order valence-corrected chi connectivity index (χ1v) is 8.85. The molecule has 0 amide bonds. The Balaban J connectivity index is 1.82. The van der Waals surface area contributed by atoms with E-state index in [0.29, 0.717) is 6.04 Å². The third-order valence-electron chi connectivity index (χ3n) is 5.06. The van der Waals surface area contributed by atoms with Gasteiger partial charge < -0.3 is 15.2 Å². The molecule has 4 nitrogen and oxygen atoms in total. The Labute approximate surface area is 148 Å². The lowest BCUT2D eigenvalue weighted by Gasteiger charge is -2.32. The molecule has 132 valence electrons. The van der Waals surface area contributed by atoms with Crippen molar-refractivity contribution in [1.82, 2.24) is 5.32 Å². The van der Waals surface area contributed by atoms with Gasteiger partial charge in [0, 0.05) is 11.6 Å². The minimum absolute atomic E-state index is 0.0312. The van der Waals surface area contributed by atoms with Crippen LogP contribution in [0.4, 0.5) is 0 Å². The molecule has 1 unspecified atom stereocenters. The van der Waals surface area contributed by atoms with Gasteiger partial charge in [-0.2, -0.15) is 0 Å². The van der Waals surface area contributed by atoms with E-state index < -0.39 is 5.97 Å². The van der Waals surface area contributed by atoms with Crippen LogP contribution in [-0.2, 0) is 4.79 Å². The van der Waals surface area contributed by atoms with Gasteiger partial charge in [0.25, 0.3) is 0 Å². The number of carboxylic acids is 1. The Morgan fingerprint density at radius 3 is 2.32 bits per heavy atom. The van der Waals surface area contributed by atoms with Crippen molar-refractivity contribution in [3.05, 3.63) is 65.7 Å². The van der Waals surface area contributed by atoms with E-state index in [9.17, 15) is 9.90 Å². The molecule has 4 heteroatoms. The van der Waals surface area contributed by atoms with Gasteiger partial charge in [-0.3, -0.25) is 4.79 Å². The van der Waals surface area contributed by atoms with Gasteiger partial charge in [0.05, 0.1) is 19.1 Å². The monoisotopic (exact) mass is 339 g/mol. The molecule has 2 aromatic carbocycles. The van der Waals surface area contributed by atoms with Crippen molar-refractivity contribution in [3.8, 4) is 5.75 Å². The summed E-state index contributed by atoms with van der Waals surface area (Å²) in [5.74, 6) is 0.00495. The lowest BCUT2D eigenvalue weighted by atomic mass is 9.85. The number of carbonyl (C=O) groups is 1. The quantitative estimate of drug-likeness (QED) is 0.834. The second kappa shape index (κ2) is 8.17. The predicted molar refractivity (Wildman–Crippen MR) is 97.8 cm³/mol. The van der Waals surface area contributed by atoms with E-state index in [-0.39, 0.29) is 12.0 Å². The Morgan fingerprint density at radius 2 is 1.68 bits per heavy atom. The summed E-state index contributed by atoms with van der Waals surface area (Å²) in [6.07, 6.45) is 3.24. The molecule has 1 saturated carbocycles. The third kappa shape index (κ3) is 4.20. The normalized spacial score (nSPS) is 21.5. The number of ether oxygens (including phenoxy) is 1. The lowest BCUT2D eigenvalue weighted by molar-refractivity contribution is -0.142. The summed E-state index contributed by atoms with van der Waals surface area (Å²) in [6, 6.07) is 18.7. The molecule has 1 aliphatic rings. The topological polar surface area (TPSA) is 58.6 Å². The highest BCUT2D eigenvalue weighted by Gasteiger charge is 2.28. The molecular formula is C21H25NO3. The zero-order chi connectivity index (χ0) is 17.6. The lowest BCUT2D eigenvalue weighted by Crippen LogP contribution is -2.37. The van der Waals surface area contributed by atoms with Crippen molar-refractivity contribution in [2.45, 2.75) is 37.8 Å². The van der Waals surface area contributed by atoms with Crippen molar-refractivity contribution in [3.63, 3.8) is 0 Å². The number of hydrogen-bond acceptors (Lipinski definition) is 3. The zero-order valence-corrected chi connectivity index (χ0v) is 14.5. The van der Waals surface area contributed by atoms with Crippen LogP contribution in [0.3, 0.4) is 0 Å². The molecule has 0 bridgehead atoms. The number of benzene rings is 2. The van der Waals surface area contributed by atoms with E-state index in [1.807, 2.05) is 36.4 Å². The first-order chi connectivity index (χ1) is 12.2. The van der Waals surface area contributed by atoms with E-state index >= 15 is 0 Å². The van der Waals surface area contributed by atoms with E-state index in [1.54, 1.807) is 7.11 Å². The maximum absolute atomic E-state index is 11.2. The van der Waals surface area contributed by atoms with Crippen LogP contribution in [0.1, 0.15) is 42.9 Å². The van der Waals surface area contributed by atoms with Crippen molar-refractivity contribution >= 4 is 5.97 Å². The Morgan fingerprint density at radius 1 is 1.04 bits per heavy atom. The average molecular weight is 339 g/mol. The van der Waals surface area contributed by atoms with E-state index in [1.165, 1.54) is 5.56 Å². The first kappa shape index (κ1) is 17.5. The Bertz CT molecular complexity index is 693. The largest absolute Gasteiger partial charge is 0.496 e. The molecule has 0 aliphatic heterocycles. The molecule has 1 fully saturated rings.